The van der Waals surface area contributed by atoms with Crippen LogP contribution in [0.4, 0.5) is 0 Å². The van der Waals surface area contributed by atoms with E-state index in [4.69, 9.17) is 0 Å². The highest BCUT2D eigenvalue weighted by atomic mass is 16.2. The zero-order valence-electron chi connectivity index (χ0n) is 12.9. The molecule has 0 saturated carbocycles. The molecule has 0 radical (unpaired) electrons. The molecule has 2 aromatic heterocycles. The lowest BCUT2D eigenvalue weighted by molar-refractivity contribution is 0.0725. The van der Waals surface area contributed by atoms with Crippen LogP contribution in [0.1, 0.15) is 29.0 Å². The van der Waals surface area contributed by atoms with Gasteiger partial charge in [-0.05, 0) is 25.0 Å². The Morgan fingerprint density at radius 3 is 2.78 bits per heavy atom. The Labute approximate surface area is 135 Å². The summed E-state index contributed by atoms with van der Waals surface area (Å²) in [4.78, 5) is 29.7. The maximum atomic E-state index is 12.6. The fourth-order valence-corrected chi connectivity index (χ4v) is 3.78. The smallest absolute Gasteiger partial charge is 0.274 e. The molecule has 4 heterocycles. The van der Waals surface area contributed by atoms with E-state index in [1.165, 1.54) is 0 Å². The average Bonchev–Trinajstić information content (AvgIpc) is 3.19. The molecule has 0 N–H and O–H groups in total. The first-order valence-electron chi connectivity index (χ1n) is 8.04. The number of rotatable bonds is 3. The zero-order valence-corrected chi connectivity index (χ0v) is 12.9. The molecule has 2 aliphatic rings. The minimum Gasteiger partial charge on any atom is -0.333 e. The van der Waals surface area contributed by atoms with Crippen molar-refractivity contribution >= 4 is 5.91 Å². The molecule has 4 rings (SSSR count). The summed E-state index contributed by atoms with van der Waals surface area (Å²) in [5, 5.41) is 0. The van der Waals surface area contributed by atoms with Crippen LogP contribution in [0.25, 0.3) is 0 Å². The van der Waals surface area contributed by atoms with E-state index in [9.17, 15) is 4.79 Å². The lowest BCUT2D eigenvalue weighted by atomic mass is 10.1. The molecule has 1 amide bonds. The summed E-state index contributed by atoms with van der Waals surface area (Å²) in [6.45, 7) is 2.66. The molecule has 0 bridgehead atoms. The summed E-state index contributed by atoms with van der Waals surface area (Å²) in [5.74, 6) is 0.00489. The van der Waals surface area contributed by atoms with Gasteiger partial charge < -0.3 is 4.90 Å². The summed E-state index contributed by atoms with van der Waals surface area (Å²) >= 11 is 0. The first-order valence-corrected chi connectivity index (χ1v) is 8.04. The maximum absolute atomic E-state index is 12.6. The largest absolute Gasteiger partial charge is 0.333 e. The molecule has 2 atom stereocenters. The van der Waals surface area contributed by atoms with Crippen molar-refractivity contribution in [3.8, 4) is 0 Å². The van der Waals surface area contributed by atoms with Gasteiger partial charge in [0.15, 0.2) is 0 Å². The lowest BCUT2D eigenvalue weighted by Gasteiger charge is -2.25. The van der Waals surface area contributed by atoms with E-state index in [1.54, 1.807) is 18.6 Å². The van der Waals surface area contributed by atoms with Gasteiger partial charge in [0.05, 0.1) is 11.9 Å². The summed E-state index contributed by atoms with van der Waals surface area (Å²) in [5.41, 5.74) is 1.53. The van der Waals surface area contributed by atoms with Crippen LogP contribution in [0.3, 0.4) is 0 Å². The van der Waals surface area contributed by atoms with Gasteiger partial charge in [-0.25, -0.2) is 4.98 Å². The first-order chi connectivity index (χ1) is 11.3. The highest BCUT2D eigenvalue weighted by molar-refractivity contribution is 5.92. The maximum Gasteiger partial charge on any atom is 0.274 e. The van der Waals surface area contributed by atoms with E-state index in [2.05, 4.69) is 25.9 Å². The summed E-state index contributed by atoms with van der Waals surface area (Å²) < 4.78 is 0. The minimum atomic E-state index is 0.00489. The SMILES string of the molecule is O=C(c1cnccn1)N1CC[C@@H]2[C@@H]1CCN2Cc1ccccn1. The number of amides is 1. The van der Waals surface area contributed by atoms with Crippen LogP contribution in [-0.4, -0.2) is 55.8 Å². The van der Waals surface area contributed by atoms with Crippen LogP contribution in [0.15, 0.2) is 43.0 Å². The van der Waals surface area contributed by atoms with Gasteiger partial charge in [-0.2, -0.15) is 0 Å². The van der Waals surface area contributed by atoms with Crippen LogP contribution < -0.4 is 0 Å². The van der Waals surface area contributed by atoms with Crippen molar-refractivity contribution in [1.29, 1.82) is 0 Å². The Balaban J connectivity index is 1.47. The predicted octanol–water partition coefficient (Wildman–Crippen LogP) is 1.36. The second-order valence-electron chi connectivity index (χ2n) is 6.09. The molecule has 118 valence electrons. The van der Waals surface area contributed by atoms with Crippen molar-refractivity contribution in [3.63, 3.8) is 0 Å². The number of fused-ring (bicyclic) bond motifs is 1. The third-order valence-electron chi connectivity index (χ3n) is 4.83. The predicted molar refractivity (Wildman–Crippen MR) is 84.5 cm³/mol. The number of hydrogen-bond donors (Lipinski definition) is 0. The number of aromatic nitrogens is 3. The average molecular weight is 309 g/mol. The van der Waals surface area contributed by atoms with Crippen molar-refractivity contribution in [3.05, 3.63) is 54.4 Å². The molecule has 0 aliphatic carbocycles. The summed E-state index contributed by atoms with van der Waals surface area (Å²) in [6.07, 6.45) is 8.58. The molecule has 23 heavy (non-hydrogen) atoms. The normalized spacial score (nSPS) is 23.9. The van der Waals surface area contributed by atoms with Gasteiger partial charge in [-0.1, -0.05) is 6.07 Å². The molecule has 0 unspecified atom stereocenters. The Hall–Kier alpha value is -2.34. The van der Waals surface area contributed by atoms with Crippen LogP contribution in [0.5, 0.6) is 0 Å². The van der Waals surface area contributed by atoms with E-state index in [0.29, 0.717) is 11.7 Å². The quantitative estimate of drug-likeness (QED) is 0.857. The van der Waals surface area contributed by atoms with Gasteiger partial charge in [0.25, 0.3) is 5.91 Å². The lowest BCUT2D eigenvalue weighted by Crippen LogP contribution is -2.39. The number of carbonyl (C=O) groups is 1. The van der Waals surface area contributed by atoms with E-state index >= 15 is 0 Å². The Morgan fingerprint density at radius 1 is 1.09 bits per heavy atom. The number of carbonyl (C=O) groups excluding carboxylic acids is 1. The molecule has 6 heteroatoms. The molecule has 2 aliphatic heterocycles. The molecule has 2 aromatic rings. The monoisotopic (exact) mass is 309 g/mol. The molecule has 6 nitrogen and oxygen atoms in total. The van der Waals surface area contributed by atoms with Crippen molar-refractivity contribution in [2.45, 2.75) is 31.5 Å². The van der Waals surface area contributed by atoms with Gasteiger partial charge in [-0.3, -0.25) is 19.7 Å². The van der Waals surface area contributed by atoms with E-state index in [0.717, 1.165) is 38.2 Å². The molecular weight excluding hydrogens is 290 g/mol. The van der Waals surface area contributed by atoms with E-state index < -0.39 is 0 Å². The standard InChI is InChI=1S/C17H19N5O/c23-17(14-11-18-7-8-20-14)22-10-5-15-16(22)4-9-21(15)12-13-3-1-2-6-19-13/h1-3,6-8,11,15-16H,4-5,9-10,12H2/t15-,16+/m1/s1. The van der Waals surface area contributed by atoms with Gasteiger partial charge in [-0.15, -0.1) is 0 Å². The Kier molecular flexibility index (Phi) is 3.75. The Morgan fingerprint density at radius 2 is 2.00 bits per heavy atom. The van der Waals surface area contributed by atoms with E-state index in [-0.39, 0.29) is 11.9 Å². The molecule has 2 fully saturated rings. The molecular formula is C17H19N5O. The van der Waals surface area contributed by atoms with Gasteiger partial charge in [0.1, 0.15) is 5.69 Å². The number of nitrogens with zero attached hydrogens (tertiary/aromatic N) is 5. The highest BCUT2D eigenvalue weighted by Gasteiger charge is 2.44. The summed E-state index contributed by atoms with van der Waals surface area (Å²) in [6, 6.07) is 6.73. The van der Waals surface area contributed by atoms with Crippen LogP contribution in [0, 0.1) is 0 Å². The van der Waals surface area contributed by atoms with Crippen molar-refractivity contribution in [1.82, 2.24) is 24.8 Å². The topological polar surface area (TPSA) is 62.2 Å². The second-order valence-corrected chi connectivity index (χ2v) is 6.09. The molecule has 2 saturated heterocycles. The second kappa shape index (κ2) is 6.04. The Bertz CT molecular complexity index is 678. The van der Waals surface area contributed by atoms with Gasteiger partial charge in [0.2, 0.25) is 0 Å². The fourth-order valence-electron chi connectivity index (χ4n) is 3.78. The van der Waals surface area contributed by atoms with Crippen molar-refractivity contribution < 1.29 is 4.79 Å². The van der Waals surface area contributed by atoms with Gasteiger partial charge in [0, 0.05) is 50.3 Å². The van der Waals surface area contributed by atoms with E-state index in [1.807, 2.05) is 23.2 Å². The first kappa shape index (κ1) is 14.3. The number of hydrogen-bond acceptors (Lipinski definition) is 5. The van der Waals surface area contributed by atoms with Crippen molar-refractivity contribution in [2.24, 2.45) is 0 Å². The minimum absolute atomic E-state index is 0.00489. The van der Waals surface area contributed by atoms with Crippen molar-refractivity contribution in [2.75, 3.05) is 13.1 Å². The summed E-state index contributed by atoms with van der Waals surface area (Å²) in [7, 11) is 0. The van der Waals surface area contributed by atoms with Crippen LogP contribution >= 0.6 is 0 Å². The number of pyridine rings is 1. The van der Waals surface area contributed by atoms with Crippen LogP contribution in [-0.2, 0) is 6.54 Å². The fraction of sp³-hybridized carbons (Fsp3) is 0.412. The molecule has 0 aromatic carbocycles. The van der Waals surface area contributed by atoms with Crippen LogP contribution in [0.2, 0.25) is 0 Å². The highest BCUT2D eigenvalue weighted by Crippen LogP contribution is 2.33. The molecule has 0 spiro atoms. The van der Waals surface area contributed by atoms with Gasteiger partial charge >= 0.3 is 0 Å². The third-order valence-corrected chi connectivity index (χ3v) is 4.83. The number of likely N-dealkylation sites (tertiary alicyclic amines) is 2. The zero-order chi connectivity index (χ0) is 15.6. The third kappa shape index (κ3) is 2.70.